The average molecular weight is 347 g/mol. The molecule has 3 heterocycles. The Morgan fingerprint density at radius 2 is 1.84 bits per heavy atom. The first-order valence-corrected chi connectivity index (χ1v) is 8.54. The van der Waals surface area contributed by atoms with Gasteiger partial charge in [0.25, 0.3) is 0 Å². The van der Waals surface area contributed by atoms with Gasteiger partial charge in [-0.25, -0.2) is 4.79 Å². The first-order valence-electron chi connectivity index (χ1n) is 8.54. The Morgan fingerprint density at radius 3 is 2.64 bits per heavy atom. The Labute approximate surface area is 145 Å². The predicted molar refractivity (Wildman–Crippen MR) is 89.1 cm³/mol. The third-order valence-electron chi connectivity index (χ3n) is 4.59. The van der Waals surface area contributed by atoms with Crippen LogP contribution < -0.4 is 19.7 Å². The number of nitrogens with zero attached hydrogens (tertiary/aromatic N) is 2. The van der Waals surface area contributed by atoms with Crippen LogP contribution in [0.25, 0.3) is 0 Å². The molecule has 8 nitrogen and oxygen atoms in total. The summed E-state index contributed by atoms with van der Waals surface area (Å²) >= 11 is 0. The quantitative estimate of drug-likeness (QED) is 0.848. The van der Waals surface area contributed by atoms with Crippen molar-refractivity contribution in [3.05, 3.63) is 18.2 Å². The van der Waals surface area contributed by atoms with Crippen LogP contribution in [0.2, 0.25) is 0 Å². The Balaban J connectivity index is 1.41. The lowest BCUT2D eigenvalue weighted by molar-refractivity contribution is -0.117. The maximum atomic E-state index is 12.4. The van der Waals surface area contributed by atoms with Crippen molar-refractivity contribution in [2.75, 3.05) is 51.0 Å². The molecule has 1 aromatic carbocycles. The van der Waals surface area contributed by atoms with Crippen molar-refractivity contribution < 1.29 is 23.8 Å². The Morgan fingerprint density at radius 1 is 1.08 bits per heavy atom. The topological polar surface area (TPSA) is 80.3 Å². The van der Waals surface area contributed by atoms with Crippen molar-refractivity contribution in [3.8, 4) is 11.5 Å². The molecule has 8 heteroatoms. The van der Waals surface area contributed by atoms with E-state index in [0.717, 1.165) is 5.69 Å². The molecule has 0 aliphatic carbocycles. The predicted octanol–water partition coefficient (Wildman–Crippen LogP) is 0.605. The van der Waals surface area contributed by atoms with E-state index in [0.29, 0.717) is 64.0 Å². The molecule has 3 amide bonds. The third-order valence-corrected chi connectivity index (χ3v) is 4.59. The number of hydrogen-bond acceptors (Lipinski definition) is 5. The zero-order valence-electron chi connectivity index (χ0n) is 13.9. The summed E-state index contributed by atoms with van der Waals surface area (Å²) in [6.45, 7) is 3.76. The first-order chi connectivity index (χ1) is 12.2. The number of carbonyl (C=O) groups excluding carboxylic acids is 2. The second-order valence-electron chi connectivity index (χ2n) is 6.28. The van der Waals surface area contributed by atoms with E-state index in [1.165, 1.54) is 0 Å². The van der Waals surface area contributed by atoms with Gasteiger partial charge in [-0.2, -0.15) is 0 Å². The lowest BCUT2D eigenvalue weighted by Gasteiger charge is -2.28. The molecule has 1 N–H and O–H groups in total. The van der Waals surface area contributed by atoms with E-state index in [1.807, 2.05) is 18.2 Å². The fourth-order valence-corrected chi connectivity index (χ4v) is 3.29. The van der Waals surface area contributed by atoms with Crippen LogP contribution >= 0.6 is 0 Å². The molecule has 1 atom stereocenters. The van der Waals surface area contributed by atoms with Crippen molar-refractivity contribution in [1.29, 1.82) is 0 Å². The van der Waals surface area contributed by atoms with Crippen molar-refractivity contribution in [1.82, 2.24) is 10.2 Å². The van der Waals surface area contributed by atoms with Gasteiger partial charge in [0.1, 0.15) is 13.2 Å². The molecule has 3 aliphatic heterocycles. The van der Waals surface area contributed by atoms with Crippen LogP contribution in [0.5, 0.6) is 11.5 Å². The summed E-state index contributed by atoms with van der Waals surface area (Å²) in [4.78, 5) is 28.1. The van der Waals surface area contributed by atoms with Gasteiger partial charge in [0.15, 0.2) is 11.5 Å². The minimum Gasteiger partial charge on any atom is -0.486 e. The number of nitrogens with one attached hydrogen (secondary N) is 1. The maximum absolute atomic E-state index is 12.4. The molecule has 0 unspecified atom stereocenters. The molecule has 0 bridgehead atoms. The number of hydrogen-bond donors (Lipinski definition) is 1. The van der Waals surface area contributed by atoms with E-state index in [1.54, 1.807) is 9.80 Å². The van der Waals surface area contributed by atoms with Crippen LogP contribution in [0.1, 0.15) is 6.42 Å². The SMILES string of the molecule is O=C(N[C@H]1CC(=O)N(c2ccc3c(c2)OCCO3)C1)N1CCOCC1. The van der Waals surface area contributed by atoms with Crippen LogP contribution in [0, 0.1) is 0 Å². The molecule has 0 aromatic heterocycles. The highest BCUT2D eigenvalue weighted by molar-refractivity contribution is 5.97. The Kier molecular flexibility index (Phi) is 4.35. The third kappa shape index (κ3) is 3.34. The fraction of sp³-hybridized carbons (Fsp3) is 0.529. The van der Waals surface area contributed by atoms with Gasteiger partial charge >= 0.3 is 6.03 Å². The van der Waals surface area contributed by atoms with Crippen molar-refractivity contribution in [3.63, 3.8) is 0 Å². The van der Waals surface area contributed by atoms with Gasteiger partial charge in [-0.3, -0.25) is 4.79 Å². The zero-order chi connectivity index (χ0) is 17.2. The monoisotopic (exact) mass is 347 g/mol. The number of benzene rings is 1. The molecule has 0 radical (unpaired) electrons. The van der Waals surface area contributed by atoms with Gasteiger partial charge in [0, 0.05) is 37.8 Å². The molecule has 0 spiro atoms. The van der Waals surface area contributed by atoms with Crippen molar-refractivity contribution in [2.45, 2.75) is 12.5 Å². The normalized spacial score (nSPS) is 22.9. The second-order valence-corrected chi connectivity index (χ2v) is 6.28. The average Bonchev–Trinajstić information content (AvgIpc) is 3.02. The minimum atomic E-state index is -0.198. The molecule has 2 fully saturated rings. The molecule has 0 saturated carbocycles. The highest BCUT2D eigenvalue weighted by Gasteiger charge is 2.33. The summed E-state index contributed by atoms with van der Waals surface area (Å²) in [6, 6.07) is 5.15. The number of rotatable bonds is 2. The smallest absolute Gasteiger partial charge is 0.317 e. The minimum absolute atomic E-state index is 0.0102. The first kappa shape index (κ1) is 16.0. The Bertz CT molecular complexity index is 674. The van der Waals surface area contributed by atoms with E-state index in [9.17, 15) is 9.59 Å². The molecule has 3 aliphatic rings. The van der Waals surface area contributed by atoms with E-state index in [4.69, 9.17) is 14.2 Å². The summed E-state index contributed by atoms with van der Waals surface area (Å²) in [6.07, 6.45) is 0.296. The molecule has 4 rings (SSSR count). The standard InChI is InChI=1S/C17H21N3O5/c21-16-9-12(18-17(22)19-3-5-23-6-4-19)11-20(16)13-1-2-14-15(10-13)25-8-7-24-14/h1-2,10,12H,3-9,11H2,(H,18,22)/t12-/m0/s1. The fourth-order valence-electron chi connectivity index (χ4n) is 3.29. The van der Waals surface area contributed by atoms with Gasteiger partial charge in [-0.15, -0.1) is 0 Å². The van der Waals surface area contributed by atoms with Gasteiger partial charge in [-0.05, 0) is 12.1 Å². The largest absolute Gasteiger partial charge is 0.486 e. The lowest BCUT2D eigenvalue weighted by atomic mass is 10.2. The van der Waals surface area contributed by atoms with Crippen LogP contribution in [-0.4, -0.2) is 68.9 Å². The van der Waals surface area contributed by atoms with Crippen LogP contribution in [0.15, 0.2) is 18.2 Å². The summed E-state index contributed by atoms with van der Waals surface area (Å²) in [5.41, 5.74) is 0.761. The number of fused-ring (bicyclic) bond motifs is 1. The van der Waals surface area contributed by atoms with E-state index in [-0.39, 0.29) is 18.0 Å². The maximum Gasteiger partial charge on any atom is 0.317 e. The number of ether oxygens (including phenoxy) is 3. The van der Waals surface area contributed by atoms with Crippen molar-refractivity contribution >= 4 is 17.6 Å². The van der Waals surface area contributed by atoms with E-state index in [2.05, 4.69) is 5.32 Å². The lowest BCUT2D eigenvalue weighted by Crippen LogP contribution is -2.49. The molecular weight excluding hydrogens is 326 g/mol. The molecule has 25 heavy (non-hydrogen) atoms. The summed E-state index contributed by atoms with van der Waals surface area (Å²) in [7, 11) is 0. The number of morpholine rings is 1. The summed E-state index contributed by atoms with van der Waals surface area (Å²) < 4.78 is 16.3. The molecular formula is C17H21N3O5. The zero-order valence-corrected chi connectivity index (χ0v) is 13.9. The van der Waals surface area contributed by atoms with Gasteiger partial charge in [0.05, 0.1) is 19.3 Å². The van der Waals surface area contributed by atoms with E-state index < -0.39 is 0 Å². The summed E-state index contributed by atoms with van der Waals surface area (Å²) in [5, 5.41) is 2.95. The highest BCUT2D eigenvalue weighted by atomic mass is 16.6. The van der Waals surface area contributed by atoms with Crippen LogP contribution in [-0.2, 0) is 9.53 Å². The highest BCUT2D eigenvalue weighted by Crippen LogP contribution is 2.35. The van der Waals surface area contributed by atoms with Crippen LogP contribution in [0.3, 0.4) is 0 Å². The van der Waals surface area contributed by atoms with Gasteiger partial charge < -0.3 is 29.3 Å². The summed E-state index contributed by atoms with van der Waals surface area (Å²) in [5.74, 6) is 1.33. The number of amides is 3. The molecule has 1 aromatic rings. The van der Waals surface area contributed by atoms with E-state index >= 15 is 0 Å². The number of carbonyl (C=O) groups is 2. The van der Waals surface area contributed by atoms with Crippen molar-refractivity contribution in [2.24, 2.45) is 0 Å². The molecule has 134 valence electrons. The Hall–Kier alpha value is -2.48. The van der Waals surface area contributed by atoms with Crippen LogP contribution in [0.4, 0.5) is 10.5 Å². The molecule has 2 saturated heterocycles. The van der Waals surface area contributed by atoms with Gasteiger partial charge in [0.2, 0.25) is 5.91 Å². The second kappa shape index (κ2) is 6.79. The number of anilines is 1. The number of urea groups is 1. The van der Waals surface area contributed by atoms with Gasteiger partial charge in [-0.1, -0.05) is 0 Å².